The van der Waals surface area contributed by atoms with Crippen molar-refractivity contribution in [3.8, 4) is 28.3 Å². The summed E-state index contributed by atoms with van der Waals surface area (Å²) in [5.41, 5.74) is 2.47. The van der Waals surface area contributed by atoms with E-state index >= 15 is 0 Å². The third-order valence-electron chi connectivity index (χ3n) is 4.69. The molecule has 7 heteroatoms. The molecule has 0 unspecified atom stereocenters. The Morgan fingerprint density at radius 2 is 1.86 bits per heavy atom. The number of nitrogens with one attached hydrogen (secondary N) is 1. The maximum Gasteiger partial charge on any atom is 0.432 e. The number of H-pyrrole nitrogens is 1. The zero-order valence-electron chi connectivity index (χ0n) is 16.5. The van der Waals surface area contributed by atoms with E-state index in [1.807, 2.05) is 36.3 Å². The van der Waals surface area contributed by atoms with E-state index in [2.05, 4.69) is 17.0 Å². The summed E-state index contributed by atoms with van der Waals surface area (Å²) >= 11 is 0. The van der Waals surface area contributed by atoms with Crippen molar-refractivity contribution in [3.63, 3.8) is 0 Å². The van der Waals surface area contributed by atoms with Crippen molar-refractivity contribution in [1.82, 2.24) is 15.2 Å². The topological polar surface area (TPSA) is 50.8 Å². The highest BCUT2D eigenvalue weighted by Crippen LogP contribution is 2.34. The third kappa shape index (κ3) is 5.16. The van der Waals surface area contributed by atoms with Gasteiger partial charge in [0.25, 0.3) is 0 Å². The summed E-state index contributed by atoms with van der Waals surface area (Å²) in [6.07, 6.45) is 1.68. The lowest BCUT2D eigenvalue weighted by atomic mass is 10.0. The standard InChI is InChI=1S/C22H24F3N3O/c1-3-4-5-6-12-29-19-9-7-8-15(2)21(19)16-10-11-17(26-14-16)18-13-20(28-27-18)22(23,24)25/h7-11,13-14H,3-6,12H2,1-2H3,(H,27,28). The van der Waals surface area contributed by atoms with Crippen LogP contribution >= 0.6 is 0 Å². The highest BCUT2D eigenvalue weighted by atomic mass is 19.4. The van der Waals surface area contributed by atoms with Crippen LogP contribution in [0.5, 0.6) is 5.75 Å². The first-order chi connectivity index (χ1) is 13.9. The minimum absolute atomic E-state index is 0.154. The van der Waals surface area contributed by atoms with Crippen LogP contribution in [0, 0.1) is 6.92 Å². The summed E-state index contributed by atoms with van der Waals surface area (Å²) in [6, 6.07) is 10.3. The number of unbranched alkanes of at least 4 members (excludes halogenated alkanes) is 3. The first kappa shape index (κ1) is 20.9. The van der Waals surface area contributed by atoms with Crippen molar-refractivity contribution in [3.05, 3.63) is 53.9 Å². The van der Waals surface area contributed by atoms with Crippen molar-refractivity contribution in [2.45, 2.75) is 45.7 Å². The number of aromatic amines is 1. The first-order valence-electron chi connectivity index (χ1n) is 9.72. The van der Waals surface area contributed by atoms with E-state index in [1.165, 1.54) is 12.8 Å². The number of hydrogen-bond acceptors (Lipinski definition) is 3. The van der Waals surface area contributed by atoms with Crippen molar-refractivity contribution >= 4 is 0 Å². The van der Waals surface area contributed by atoms with Crippen LogP contribution in [0.4, 0.5) is 13.2 Å². The van der Waals surface area contributed by atoms with Gasteiger partial charge in [0, 0.05) is 17.3 Å². The Balaban J connectivity index is 1.80. The van der Waals surface area contributed by atoms with E-state index in [4.69, 9.17) is 4.74 Å². The number of pyridine rings is 1. The molecule has 0 aliphatic carbocycles. The fraction of sp³-hybridized carbons (Fsp3) is 0.364. The predicted molar refractivity (Wildman–Crippen MR) is 107 cm³/mol. The van der Waals surface area contributed by atoms with E-state index in [1.54, 1.807) is 12.3 Å². The fourth-order valence-corrected chi connectivity index (χ4v) is 3.13. The van der Waals surface area contributed by atoms with Gasteiger partial charge in [0.2, 0.25) is 0 Å². The molecule has 4 nitrogen and oxygen atoms in total. The van der Waals surface area contributed by atoms with Crippen LogP contribution in [0.1, 0.15) is 43.9 Å². The number of benzene rings is 1. The Morgan fingerprint density at radius 1 is 1.03 bits per heavy atom. The van der Waals surface area contributed by atoms with E-state index in [0.29, 0.717) is 12.3 Å². The van der Waals surface area contributed by atoms with Crippen LogP contribution in [-0.4, -0.2) is 21.8 Å². The van der Waals surface area contributed by atoms with Gasteiger partial charge in [0.1, 0.15) is 17.1 Å². The van der Waals surface area contributed by atoms with Gasteiger partial charge in [-0.1, -0.05) is 44.4 Å². The molecule has 0 saturated carbocycles. The normalized spacial score (nSPS) is 11.6. The molecule has 3 aromatic rings. The summed E-state index contributed by atoms with van der Waals surface area (Å²) in [5.74, 6) is 0.787. The zero-order chi connectivity index (χ0) is 20.9. The van der Waals surface area contributed by atoms with Crippen LogP contribution in [0.3, 0.4) is 0 Å². The van der Waals surface area contributed by atoms with Gasteiger partial charge in [-0.2, -0.15) is 18.3 Å². The Bertz CT molecular complexity index is 933. The van der Waals surface area contributed by atoms with Gasteiger partial charge in [-0.05, 0) is 37.1 Å². The smallest absolute Gasteiger partial charge is 0.432 e. The molecule has 0 spiro atoms. The van der Waals surface area contributed by atoms with Crippen LogP contribution < -0.4 is 4.74 Å². The monoisotopic (exact) mass is 403 g/mol. The van der Waals surface area contributed by atoms with Crippen molar-refractivity contribution in [2.24, 2.45) is 0 Å². The molecule has 2 aromatic heterocycles. The SMILES string of the molecule is CCCCCCOc1cccc(C)c1-c1ccc(-c2cc(C(F)(F)F)[nH]n2)nc1. The van der Waals surface area contributed by atoms with Crippen LogP contribution in [-0.2, 0) is 6.18 Å². The zero-order valence-corrected chi connectivity index (χ0v) is 16.5. The van der Waals surface area contributed by atoms with Crippen molar-refractivity contribution in [2.75, 3.05) is 6.61 Å². The van der Waals surface area contributed by atoms with E-state index in [-0.39, 0.29) is 5.69 Å². The van der Waals surface area contributed by atoms with E-state index < -0.39 is 11.9 Å². The second kappa shape index (κ2) is 9.11. The lowest BCUT2D eigenvalue weighted by Gasteiger charge is -2.14. The summed E-state index contributed by atoms with van der Waals surface area (Å²) in [6.45, 7) is 4.81. The molecule has 0 bridgehead atoms. The number of rotatable bonds is 8. The molecule has 0 saturated heterocycles. The highest BCUT2D eigenvalue weighted by Gasteiger charge is 2.33. The van der Waals surface area contributed by atoms with Crippen molar-refractivity contribution in [1.29, 1.82) is 0 Å². The van der Waals surface area contributed by atoms with E-state index in [9.17, 15) is 13.2 Å². The molecule has 1 aromatic carbocycles. The number of aryl methyl sites for hydroxylation is 1. The van der Waals surface area contributed by atoms with Crippen molar-refractivity contribution < 1.29 is 17.9 Å². The average Bonchev–Trinajstić information content (AvgIpc) is 3.19. The highest BCUT2D eigenvalue weighted by molar-refractivity contribution is 5.74. The van der Waals surface area contributed by atoms with Crippen LogP contribution in [0.2, 0.25) is 0 Å². The summed E-state index contributed by atoms with van der Waals surface area (Å²) in [7, 11) is 0. The molecule has 0 aliphatic rings. The van der Waals surface area contributed by atoms with Gasteiger partial charge >= 0.3 is 6.18 Å². The molecule has 0 fully saturated rings. The second-order valence-corrected chi connectivity index (χ2v) is 6.95. The number of aromatic nitrogens is 3. The minimum Gasteiger partial charge on any atom is -0.493 e. The summed E-state index contributed by atoms with van der Waals surface area (Å²) in [4.78, 5) is 4.32. The Morgan fingerprint density at radius 3 is 2.52 bits per heavy atom. The number of ether oxygens (including phenoxy) is 1. The van der Waals surface area contributed by atoms with Gasteiger partial charge in [-0.25, -0.2) is 0 Å². The molecule has 0 atom stereocenters. The number of halogens is 3. The molecule has 0 amide bonds. The van der Waals surface area contributed by atoms with Gasteiger partial charge in [-0.15, -0.1) is 0 Å². The molecular weight excluding hydrogens is 379 g/mol. The molecule has 1 N–H and O–H groups in total. The molecule has 3 rings (SSSR count). The summed E-state index contributed by atoms with van der Waals surface area (Å²) < 4.78 is 44.3. The Kier molecular flexibility index (Phi) is 6.56. The van der Waals surface area contributed by atoms with E-state index in [0.717, 1.165) is 41.3 Å². The average molecular weight is 403 g/mol. The molecule has 0 aliphatic heterocycles. The maximum atomic E-state index is 12.8. The lowest BCUT2D eigenvalue weighted by Crippen LogP contribution is -2.04. The van der Waals surface area contributed by atoms with Gasteiger partial charge in [-0.3, -0.25) is 10.1 Å². The number of hydrogen-bond donors (Lipinski definition) is 1. The molecular formula is C22H24F3N3O. The number of nitrogens with zero attached hydrogens (tertiary/aromatic N) is 2. The molecule has 0 radical (unpaired) electrons. The quantitative estimate of drug-likeness (QED) is 0.441. The predicted octanol–water partition coefficient (Wildman–Crippen LogP) is 6.43. The largest absolute Gasteiger partial charge is 0.493 e. The molecule has 2 heterocycles. The molecule has 154 valence electrons. The van der Waals surface area contributed by atoms with Gasteiger partial charge < -0.3 is 4.74 Å². The Hall–Kier alpha value is -2.83. The first-order valence-corrected chi connectivity index (χ1v) is 9.72. The van der Waals surface area contributed by atoms with Gasteiger partial charge in [0.15, 0.2) is 0 Å². The van der Waals surface area contributed by atoms with Gasteiger partial charge in [0.05, 0.1) is 12.3 Å². The van der Waals surface area contributed by atoms with Crippen LogP contribution in [0.15, 0.2) is 42.6 Å². The summed E-state index contributed by atoms with van der Waals surface area (Å²) in [5, 5.41) is 5.73. The number of alkyl halides is 3. The minimum atomic E-state index is -4.46. The lowest BCUT2D eigenvalue weighted by molar-refractivity contribution is -0.141. The fourth-order valence-electron chi connectivity index (χ4n) is 3.13. The molecule has 29 heavy (non-hydrogen) atoms. The second-order valence-electron chi connectivity index (χ2n) is 6.95. The van der Waals surface area contributed by atoms with Crippen LogP contribution in [0.25, 0.3) is 22.5 Å². The third-order valence-corrected chi connectivity index (χ3v) is 4.69. The Labute approximate surface area is 168 Å². The maximum absolute atomic E-state index is 12.8.